The highest BCUT2D eigenvalue weighted by atomic mass is 15.4. The number of aromatic nitrogens is 3. The van der Waals surface area contributed by atoms with Crippen molar-refractivity contribution < 1.29 is 0 Å². The summed E-state index contributed by atoms with van der Waals surface area (Å²) in [4.78, 5) is 4.65. The molecule has 4 heteroatoms. The number of anilines is 1. The number of fused-ring (bicyclic) bond motifs is 1. The van der Waals surface area contributed by atoms with Gasteiger partial charge in [-0.15, -0.1) is 0 Å². The van der Waals surface area contributed by atoms with Gasteiger partial charge in [-0.1, -0.05) is 20.3 Å². The van der Waals surface area contributed by atoms with Crippen molar-refractivity contribution in [2.75, 3.05) is 11.9 Å². The summed E-state index contributed by atoms with van der Waals surface area (Å²) < 4.78 is 2.13. The van der Waals surface area contributed by atoms with E-state index in [1.54, 1.807) is 0 Å². The molecule has 0 saturated heterocycles. The Morgan fingerprint density at radius 2 is 2.25 bits per heavy atom. The molecule has 1 aromatic heterocycles. The Hall–Kier alpha value is -1.06. The highest BCUT2D eigenvalue weighted by Crippen LogP contribution is 2.37. The van der Waals surface area contributed by atoms with Gasteiger partial charge in [0.15, 0.2) is 5.82 Å². The Balaban J connectivity index is 1.92. The van der Waals surface area contributed by atoms with E-state index in [9.17, 15) is 0 Å². The minimum absolute atomic E-state index is 0.526. The molecule has 2 heterocycles. The van der Waals surface area contributed by atoms with Gasteiger partial charge in [0.25, 0.3) is 0 Å². The van der Waals surface area contributed by atoms with Crippen molar-refractivity contribution in [3.8, 4) is 0 Å². The van der Waals surface area contributed by atoms with Gasteiger partial charge >= 0.3 is 0 Å². The van der Waals surface area contributed by atoms with Crippen LogP contribution in [0.5, 0.6) is 0 Å². The molecule has 1 aliphatic carbocycles. The van der Waals surface area contributed by atoms with Crippen LogP contribution in [0.4, 0.5) is 5.95 Å². The normalized spacial score (nSPS) is 29.4. The molecule has 2 unspecified atom stereocenters. The SMILES string of the molecule is CCC1C(C)CNc2nc(C3CCC3)nn21. The molecule has 3 rings (SSSR count). The molecule has 1 aromatic rings. The van der Waals surface area contributed by atoms with Crippen LogP contribution in [0.2, 0.25) is 0 Å². The van der Waals surface area contributed by atoms with Gasteiger partial charge in [0.1, 0.15) is 0 Å². The lowest BCUT2D eigenvalue weighted by atomic mass is 9.85. The summed E-state index contributed by atoms with van der Waals surface area (Å²) in [7, 11) is 0. The zero-order valence-electron chi connectivity index (χ0n) is 10.1. The van der Waals surface area contributed by atoms with Gasteiger partial charge in [0, 0.05) is 12.5 Å². The minimum Gasteiger partial charge on any atom is -0.354 e. The molecule has 0 amide bonds. The third kappa shape index (κ3) is 1.43. The molecule has 1 aliphatic heterocycles. The smallest absolute Gasteiger partial charge is 0.221 e. The van der Waals surface area contributed by atoms with E-state index in [0.717, 1.165) is 24.7 Å². The van der Waals surface area contributed by atoms with Crippen LogP contribution >= 0.6 is 0 Å². The number of hydrogen-bond acceptors (Lipinski definition) is 3. The summed E-state index contributed by atoms with van der Waals surface area (Å²) in [5.41, 5.74) is 0. The molecular weight excluding hydrogens is 200 g/mol. The molecule has 2 aliphatic rings. The largest absolute Gasteiger partial charge is 0.354 e. The quantitative estimate of drug-likeness (QED) is 0.833. The van der Waals surface area contributed by atoms with Crippen molar-refractivity contribution >= 4 is 5.95 Å². The number of rotatable bonds is 2. The van der Waals surface area contributed by atoms with Crippen LogP contribution in [0.25, 0.3) is 0 Å². The maximum atomic E-state index is 4.72. The zero-order chi connectivity index (χ0) is 11.1. The molecular formula is C12H20N4. The molecule has 1 fully saturated rings. The fourth-order valence-corrected chi connectivity index (χ4v) is 2.74. The minimum atomic E-state index is 0.526. The van der Waals surface area contributed by atoms with Crippen LogP contribution in [0.1, 0.15) is 57.3 Å². The van der Waals surface area contributed by atoms with Crippen molar-refractivity contribution in [1.29, 1.82) is 0 Å². The molecule has 2 atom stereocenters. The standard InChI is InChI=1S/C12H20N4/c1-3-10-8(2)7-13-12-14-11(15-16(10)12)9-5-4-6-9/h8-10H,3-7H2,1-2H3,(H,13,14,15). The third-order valence-corrected chi connectivity index (χ3v) is 4.09. The lowest BCUT2D eigenvalue weighted by molar-refractivity contribution is 0.307. The van der Waals surface area contributed by atoms with Gasteiger partial charge in [-0.3, -0.25) is 0 Å². The highest BCUT2D eigenvalue weighted by Gasteiger charge is 2.30. The Labute approximate surface area is 96.4 Å². The van der Waals surface area contributed by atoms with Crippen LogP contribution in [0.3, 0.4) is 0 Å². The maximum Gasteiger partial charge on any atom is 0.221 e. The van der Waals surface area contributed by atoms with Crippen LogP contribution in [0.15, 0.2) is 0 Å². The van der Waals surface area contributed by atoms with E-state index in [0.29, 0.717) is 17.9 Å². The Kier molecular flexibility index (Phi) is 2.37. The second kappa shape index (κ2) is 3.75. The summed E-state index contributed by atoms with van der Waals surface area (Å²) in [5, 5.41) is 8.11. The summed E-state index contributed by atoms with van der Waals surface area (Å²) in [5.74, 6) is 3.34. The molecule has 0 aromatic carbocycles. The van der Waals surface area contributed by atoms with E-state index < -0.39 is 0 Å². The molecule has 0 radical (unpaired) electrons. The van der Waals surface area contributed by atoms with Crippen LogP contribution in [-0.4, -0.2) is 21.3 Å². The summed E-state index contributed by atoms with van der Waals surface area (Å²) in [6.07, 6.45) is 5.03. The highest BCUT2D eigenvalue weighted by molar-refractivity contribution is 5.29. The maximum absolute atomic E-state index is 4.72. The molecule has 1 saturated carbocycles. The van der Waals surface area contributed by atoms with Crippen LogP contribution < -0.4 is 5.32 Å². The van der Waals surface area contributed by atoms with Crippen LogP contribution in [0, 0.1) is 5.92 Å². The number of nitrogens with zero attached hydrogens (tertiary/aromatic N) is 3. The van der Waals surface area contributed by atoms with Gasteiger partial charge < -0.3 is 5.32 Å². The molecule has 0 spiro atoms. The van der Waals surface area contributed by atoms with E-state index >= 15 is 0 Å². The van der Waals surface area contributed by atoms with Gasteiger partial charge in [0.05, 0.1) is 6.04 Å². The average molecular weight is 220 g/mol. The molecule has 1 N–H and O–H groups in total. The summed E-state index contributed by atoms with van der Waals surface area (Å²) >= 11 is 0. The van der Waals surface area contributed by atoms with Gasteiger partial charge in [0.2, 0.25) is 5.95 Å². The van der Waals surface area contributed by atoms with Crippen molar-refractivity contribution in [3.63, 3.8) is 0 Å². The van der Waals surface area contributed by atoms with Crippen molar-refractivity contribution in [2.45, 2.75) is 51.5 Å². The van der Waals surface area contributed by atoms with Crippen molar-refractivity contribution in [2.24, 2.45) is 5.92 Å². The monoisotopic (exact) mass is 220 g/mol. The fourth-order valence-electron chi connectivity index (χ4n) is 2.74. The summed E-state index contributed by atoms with van der Waals surface area (Å²) in [6.45, 7) is 5.55. The molecule has 0 bridgehead atoms. The predicted molar refractivity (Wildman–Crippen MR) is 63.6 cm³/mol. The van der Waals surface area contributed by atoms with E-state index in [-0.39, 0.29) is 0 Å². The van der Waals surface area contributed by atoms with Crippen LogP contribution in [-0.2, 0) is 0 Å². The summed E-state index contributed by atoms with van der Waals surface area (Å²) in [6, 6.07) is 0.526. The Morgan fingerprint density at radius 1 is 1.44 bits per heavy atom. The number of nitrogens with one attached hydrogen (secondary N) is 1. The van der Waals surface area contributed by atoms with Gasteiger partial charge in [-0.2, -0.15) is 10.1 Å². The average Bonchev–Trinajstić information content (AvgIpc) is 2.58. The van der Waals surface area contributed by atoms with Gasteiger partial charge in [-0.05, 0) is 25.2 Å². The first-order chi connectivity index (χ1) is 7.79. The van der Waals surface area contributed by atoms with Crippen molar-refractivity contribution in [1.82, 2.24) is 14.8 Å². The second-order valence-corrected chi connectivity index (χ2v) is 5.20. The van der Waals surface area contributed by atoms with E-state index in [2.05, 4.69) is 28.8 Å². The van der Waals surface area contributed by atoms with Crippen molar-refractivity contribution in [3.05, 3.63) is 5.82 Å². The third-order valence-electron chi connectivity index (χ3n) is 4.09. The molecule has 16 heavy (non-hydrogen) atoms. The zero-order valence-corrected chi connectivity index (χ0v) is 10.1. The lowest BCUT2D eigenvalue weighted by Crippen LogP contribution is -2.31. The Bertz CT molecular complexity index is 380. The fraction of sp³-hybridized carbons (Fsp3) is 0.833. The first-order valence-corrected chi connectivity index (χ1v) is 6.50. The van der Waals surface area contributed by atoms with E-state index in [1.165, 1.54) is 19.3 Å². The number of hydrogen-bond donors (Lipinski definition) is 1. The lowest BCUT2D eigenvalue weighted by Gasteiger charge is -2.29. The van der Waals surface area contributed by atoms with E-state index in [1.807, 2.05) is 0 Å². The second-order valence-electron chi connectivity index (χ2n) is 5.20. The van der Waals surface area contributed by atoms with Gasteiger partial charge in [-0.25, -0.2) is 4.68 Å². The topological polar surface area (TPSA) is 42.7 Å². The molecule has 88 valence electrons. The van der Waals surface area contributed by atoms with E-state index in [4.69, 9.17) is 5.10 Å². The molecule has 4 nitrogen and oxygen atoms in total. The predicted octanol–water partition coefficient (Wildman–Crippen LogP) is 2.56. The first kappa shape index (κ1) is 10.1. The Morgan fingerprint density at radius 3 is 2.88 bits per heavy atom. The first-order valence-electron chi connectivity index (χ1n) is 6.50.